The summed E-state index contributed by atoms with van der Waals surface area (Å²) in [6.45, 7) is -0.0789. The lowest BCUT2D eigenvalue weighted by atomic mass is 10.1. The number of thiophene rings is 1. The third kappa shape index (κ3) is 3.07. The maximum Gasteiger partial charge on any atom is 0.268 e. The maximum absolute atomic E-state index is 12.4. The van der Waals surface area contributed by atoms with Gasteiger partial charge in [0.05, 0.1) is 16.8 Å². The Morgan fingerprint density at radius 2 is 1.85 bits per heavy atom. The molecular weight excluding hydrogens is 346 g/mol. The monoisotopic (exact) mass is 363 g/mol. The molecule has 4 rings (SSSR count). The van der Waals surface area contributed by atoms with E-state index in [0.717, 1.165) is 21.0 Å². The van der Waals surface area contributed by atoms with Crippen molar-refractivity contribution in [3.8, 4) is 0 Å². The van der Waals surface area contributed by atoms with E-state index >= 15 is 0 Å². The van der Waals surface area contributed by atoms with Crippen LogP contribution in [0.25, 0.3) is 21.0 Å². The Labute approximate surface area is 154 Å². The molecule has 2 aromatic carbocycles. The summed E-state index contributed by atoms with van der Waals surface area (Å²) in [5, 5.41) is 9.66. The van der Waals surface area contributed by atoms with Crippen LogP contribution in [-0.4, -0.2) is 22.9 Å². The second kappa shape index (κ2) is 6.65. The molecule has 0 atom stereocenters. The van der Waals surface area contributed by atoms with Gasteiger partial charge in [0.2, 0.25) is 5.91 Å². The number of carbonyl (C=O) groups excluding carboxylic acids is 2. The topological polar surface area (TPSA) is 63.1 Å². The number of anilines is 1. The van der Waals surface area contributed by atoms with Crippen molar-refractivity contribution in [2.24, 2.45) is 7.05 Å². The number of rotatable bonds is 4. The summed E-state index contributed by atoms with van der Waals surface area (Å²) in [4.78, 5) is 24.5. The first kappa shape index (κ1) is 16.4. The second-order valence-corrected chi connectivity index (χ2v) is 7.00. The van der Waals surface area contributed by atoms with Crippen molar-refractivity contribution in [1.82, 2.24) is 9.88 Å². The van der Waals surface area contributed by atoms with Crippen LogP contribution in [0.1, 0.15) is 10.5 Å². The molecule has 0 saturated heterocycles. The molecule has 130 valence electrons. The van der Waals surface area contributed by atoms with E-state index in [4.69, 9.17) is 0 Å². The van der Waals surface area contributed by atoms with Crippen molar-refractivity contribution in [3.63, 3.8) is 0 Å². The van der Waals surface area contributed by atoms with Gasteiger partial charge in [-0.2, -0.15) is 0 Å². The summed E-state index contributed by atoms with van der Waals surface area (Å²) in [5.74, 6) is -0.519. The number of aryl methyl sites for hydroxylation is 1. The molecule has 6 heteroatoms. The number of nitrogens with zero attached hydrogens (tertiary/aromatic N) is 1. The summed E-state index contributed by atoms with van der Waals surface area (Å²) in [6, 6.07) is 17.5. The van der Waals surface area contributed by atoms with E-state index in [1.165, 1.54) is 0 Å². The predicted molar refractivity (Wildman–Crippen MR) is 106 cm³/mol. The van der Waals surface area contributed by atoms with Crippen molar-refractivity contribution in [2.75, 3.05) is 11.9 Å². The van der Waals surface area contributed by atoms with Gasteiger partial charge in [-0.05, 0) is 40.4 Å². The van der Waals surface area contributed by atoms with Gasteiger partial charge in [0.15, 0.2) is 0 Å². The van der Waals surface area contributed by atoms with E-state index in [1.807, 2.05) is 71.6 Å². The minimum atomic E-state index is -0.260. The van der Waals surface area contributed by atoms with Gasteiger partial charge in [0.25, 0.3) is 5.91 Å². The van der Waals surface area contributed by atoms with E-state index in [-0.39, 0.29) is 18.4 Å². The molecule has 0 saturated carbocycles. The second-order valence-electron chi connectivity index (χ2n) is 6.05. The first-order chi connectivity index (χ1) is 12.6. The van der Waals surface area contributed by atoms with Crippen LogP contribution in [-0.2, 0) is 11.8 Å². The van der Waals surface area contributed by atoms with Gasteiger partial charge < -0.3 is 15.2 Å². The normalized spacial score (nSPS) is 11.0. The zero-order chi connectivity index (χ0) is 18.1. The molecule has 0 fully saturated rings. The zero-order valence-electron chi connectivity index (χ0n) is 14.2. The van der Waals surface area contributed by atoms with Gasteiger partial charge in [0, 0.05) is 12.7 Å². The Bertz CT molecular complexity index is 1130. The largest absolute Gasteiger partial charge is 0.342 e. The molecule has 26 heavy (non-hydrogen) atoms. The maximum atomic E-state index is 12.4. The minimum absolute atomic E-state index is 0.0789. The fourth-order valence-electron chi connectivity index (χ4n) is 2.99. The van der Waals surface area contributed by atoms with Gasteiger partial charge in [-0.3, -0.25) is 9.59 Å². The van der Waals surface area contributed by atoms with E-state index < -0.39 is 0 Å². The van der Waals surface area contributed by atoms with Crippen LogP contribution >= 0.6 is 11.3 Å². The van der Waals surface area contributed by atoms with Crippen LogP contribution in [0.5, 0.6) is 0 Å². The first-order valence-corrected chi connectivity index (χ1v) is 9.09. The van der Waals surface area contributed by atoms with Crippen LogP contribution in [0.3, 0.4) is 0 Å². The summed E-state index contributed by atoms with van der Waals surface area (Å²) < 4.78 is 2.89. The SMILES string of the molecule is Cn1c(C(=O)NCC(=O)Nc2ccc3ccccc3c2)cc2sccc21. The molecule has 4 aromatic rings. The van der Waals surface area contributed by atoms with Crippen LogP contribution in [0.4, 0.5) is 5.69 Å². The summed E-state index contributed by atoms with van der Waals surface area (Å²) in [7, 11) is 1.85. The fourth-order valence-corrected chi connectivity index (χ4v) is 3.84. The van der Waals surface area contributed by atoms with E-state index in [0.29, 0.717) is 11.4 Å². The summed E-state index contributed by atoms with van der Waals surface area (Å²) >= 11 is 1.59. The lowest BCUT2D eigenvalue weighted by molar-refractivity contribution is -0.115. The Morgan fingerprint density at radius 3 is 2.65 bits per heavy atom. The van der Waals surface area contributed by atoms with E-state index in [2.05, 4.69) is 10.6 Å². The number of hydrogen-bond acceptors (Lipinski definition) is 3. The summed E-state index contributed by atoms with van der Waals surface area (Å²) in [6.07, 6.45) is 0. The average molecular weight is 363 g/mol. The molecule has 2 aromatic heterocycles. The molecule has 0 bridgehead atoms. The molecule has 0 unspecified atom stereocenters. The van der Waals surface area contributed by atoms with Crippen LogP contribution in [0.15, 0.2) is 60.0 Å². The first-order valence-electron chi connectivity index (χ1n) is 8.21. The van der Waals surface area contributed by atoms with Crippen molar-refractivity contribution >= 4 is 49.8 Å². The van der Waals surface area contributed by atoms with Crippen molar-refractivity contribution < 1.29 is 9.59 Å². The van der Waals surface area contributed by atoms with Gasteiger partial charge in [0.1, 0.15) is 5.69 Å². The highest BCUT2D eigenvalue weighted by Gasteiger charge is 2.15. The van der Waals surface area contributed by atoms with Gasteiger partial charge in [-0.1, -0.05) is 30.3 Å². The highest BCUT2D eigenvalue weighted by atomic mass is 32.1. The third-order valence-corrected chi connectivity index (χ3v) is 5.19. The van der Waals surface area contributed by atoms with Gasteiger partial charge in [-0.25, -0.2) is 0 Å². The highest BCUT2D eigenvalue weighted by molar-refractivity contribution is 7.17. The van der Waals surface area contributed by atoms with E-state index in [1.54, 1.807) is 11.3 Å². The average Bonchev–Trinajstić information content (AvgIpc) is 3.23. The summed E-state index contributed by atoms with van der Waals surface area (Å²) in [5.41, 5.74) is 2.27. The van der Waals surface area contributed by atoms with Crippen LogP contribution in [0.2, 0.25) is 0 Å². The van der Waals surface area contributed by atoms with Gasteiger partial charge >= 0.3 is 0 Å². The number of nitrogens with one attached hydrogen (secondary N) is 2. The molecule has 2 N–H and O–H groups in total. The van der Waals surface area contributed by atoms with Crippen molar-refractivity contribution in [2.45, 2.75) is 0 Å². The molecule has 0 aliphatic heterocycles. The standard InChI is InChI=1S/C20H17N3O2S/c1-23-16-8-9-26-18(16)11-17(23)20(25)21-12-19(24)22-15-7-6-13-4-2-3-5-14(13)10-15/h2-11H,12H2,1H3,(H,21,25)(H,22,24). The number of fused-ring (bicyclic) bond motifs is 2. The van der Waals surface area contributed by atoms with Gasteiger partial charge in [-0.15, -0.1) is 11.3 Å². The molecule has 0 aliphatic rings. The lowest BCUT2D eigenvalue weighted by Crippen LogP contribution is -2.33. The Hall–Kier alpha value is -3.12. The smallest absolute Gasteiger partial charge is 0.268 e. The number of carbonyl (C=O) groups is 2. The molecular formula is C20H17N3O2S. The molecule has 0 spiro atoms. The number of benzene rings is 2. The van der Waals surface area contributed by atoms with Crippen molar-refractivity contribution in [1.29, 1.82) is 0 Å². The van der Waals surface area contributed by atoms with Crippen molar-refractivity contribution in [3.05, 3.63) is 65.7 Å². The number of aromatic nitrogens is 1. The minimum Gasteiger partial charge on any atom is -0.342 e. The number of amides is 2. The lowest BCUT2D eigenvalue weighted by Gasteiger charge is -2.08. The molecule has 0 radical (unpaired) electrons. The highest BCUT2D eigenvalue weighted by Crippen LogP contribution is 2.24. The molecule has 2 amide bonds. The van der Waals surface area contributed by atoms with Crippen LogP contribution in [0, 0.1) is 0 Å². The molecule has 0 aliphatic carbocycles. The number of hydrogen-bond donors (Lipinski definition) is 2. The third-order valence-electron chi connectivity index (χ3n) is 4.34. The quantitative estimate of drug-likeness (QED) is 0.580. The predicted octanol–water partition coefficient (Wildman–Crippen LogP) is 3.76. The molecule has 2 heterocycles. The fraction of sp³-hybridized carbons (Fsp3) is 0.100. The zero-order valence-corrected chi connectivity index (χ0v) is 15.0. The molecule has 5 nitrogen and oxygen atoms in total. The Morgan fingerprint density at radius 1 is 1.04 bits per heavy atom. The van der Waals surface area contributed by atoms with E-state index in [9.17, 15) is 9.59 Å². The Kier molecular flexibility index (Phi) is 4.18. The Balaban J connectivity index is 1.40. The van der Waals surface area contributed by atoms with Crippen LogP contribution < -0.4 is 10.6 Å².